The van der Waals surface area contributed by atoms with E-state index < -0.39 is 0 Å². The first kappa shape index (κ1) is 13.4. The van der Waals surface area contributed by atoms with Gasteiger partial charge in [-0.05, 0) is 53.5 Å². The molecule has 0 aliphatic carbocycles. The fraction of sp³-hybridized carbons (Fsp3) is 0.200. The van der Waals surface area contributed by atoms with Gasteiger partial charge in [0.2, 0.25) is 0 Å². The number of halogens is 1. The van der Waals surface area contributed by atoms with Crippen molar-refractivity contribution in [3.8, 4) is 0 Å². The van der Waals surface area contributed by atoms with Crippen molar-refractivity contribution in [2.45, 2.75) is 19.4 Å². The van der Waals surface area contributed by atoms with Gasteiger partial charge in [0.1, 0.15) is 5.82 Å². The Hall–Kier alpha value is -2.63. The minimum Gasteiger partial charge on any atom is -0.397 e. The van der Waals surface area contributed by atoms with Crippen molar-refractivity contribution in [1.82, 2.24) is 10.3 Å². The molecule has 1 heterocycles. The van der Waals surface area contributed by atoms with Crippen LogP contribution in [-0.4, -0.2) is 16.4 Å². The summed E-state index contributed by atoms with van der Waals surface area (Å²) in [4.78, 5) is 0. The second kappa shape index (κ2) is 5.40. The molecule has 1 atom stereocenters. The van der Waals surface area contributed by atoms with Crippen LogP contribution in [0.25, 0.3) is 11.0 Å². The summed E-state index contributed by atoms with van der Waals surface area (Å²) in [5.74, 6) is -0.228. The Balaban J connectivity index is 1.77. The highest BCUT2D eigenvalue weighted by Gasteiger charge is 2.12. The van der Waals surface area contributed by atoms with Gasteiger partial charge < -0.3 is 11.1 Å². The molecule has 0 saturated carbocycles. The summed E-state index contributed by atoms with van der Waals surface area (Å²) in [6.45, 7) is 2.04. The molecule has 2 aromatic carbocycles. The third kappa shape index (κ3) is 2.79. The van der Waals surface area contributed by atoms with E-state index in [1.165, 1.54) is 12.1 Å². The van der Waals surface area contributed by atoms with Gasteiger partial charge in [0, 0.05) is 6.04 Å². The first-order valence-corrected chi connectivity index (χ1v) is 6.65. The van der Waals surface area contributed by atoms with Gasteiger partial charge in [-0.3, -0.25) is 0 Å². The summed E-state index contributed by atoms with van der Waals surface area (Å²) in [6, 6.07) is 10.2. The zero-order valence-corrected chi connectivity index (χ0v) is 11.5. The van der Waals surface area contributed by atoms with E-state index in [4.69, 9.17) is 10.4 Å². The van der Waals surface area contributed by atoms with Crippen LogP contribution >= 0.6 is 0 Å². The molecule has 0 amide bonds. The molecule has 0 saturated heterocycles. The van der Waals surface area contributed by atoms with E-state index in [1.807, 2.05) is 13.0 Å². The van der Waals surface area contributed by atoms with Crippen LogP contribution in [0.2, 0.25) is 0 Å². The predicted octanol–water partition coefficient (Wildman–Crippen LogP) is 2.99. The number of nitrogens with two attached hydrogens (primary N) is 1. The maximum absolute atomic E-state index is 12.9. The van der Waals surface area contributed by atoms with E-state index in [-0.39, 0.29) is 11.9 Å². The molecule has 1 aromatic heterocycles. The second-order valence-corrected chi connectivity index (χ2v) is 5.04. The molecule has 1 unspecified atom stereocenters. The van der Waals surface area contributed by atoms with Crippen LogP contribution in [0, 0.1) is 5.82 Å². The molecule has 3 rings (SSSR count). The van der Waals surface area contributed by atoms with Gasteiger partial charge in [0.25, 0.3) is 0 Å². The molecule has 6 heteroatoms. The van der Waals surface area contributed by atoms with Crippen molar-refractivity contribution < 1.29 is 9.02 Å². The third-order valence-corrected chi connectivity index (χ3v) is 3.30. The van der Waals surface area contributed by atoms with Gasteiger partial charge in [-0.2, -0.15) is 0 Å². The first-order chi connectivity index (χ1) is 10.1. The van der Waals surface area contributed by atoms with Gasteiger partial charge >= 0.3 is 0 Å². The molecule has 108 valence electrons. The van der Waals surface area contributed by atoms with Crippen molar-refractivity contribution in [1.29, 1.82) is 0 Å². The number of nitrogens with zero attached hydrogens (tertiary/aromatic N) is 2. The lowest BCUT2D eigenvalue weighted by atomic mass is 10.1. The Morgan fingerprint density at radius 3 is 2.62 bits per heavy atom. The van der Waals surface area contributed by atoms with E-state index in [2.05, 4.69) is 15.6 Å². The molecule has 0 bridgehead atoms. The Labute approximate surface area is 120 Å². The number of anilines is 2. The Bertz CT molecular complexity index is 754. The highest BCUT2D eigenvalue weighted by Crippen LogP contribution is 2.26. The molecule has 5 nitrogen and oxygen atoms in total. The fourth-order valence-corrected chi connectivity index (χ4v) is 2.29. The number of aromatic nitrogens is 2. The van der Waals surface area contributed by atoms with Crippen LogP contribution in [0.1, 0.15) is 12.5 Å². The van der Waals surface area contributed by atoms with Crippen LogP contribution in [0.4, 0.5) is 15.8 Å². The van der Waals surface area contributed by atoms with Crippen molar-refractivity contribution in [2.24, 2.45) is 0 Å². The Morgan fingerprint density at radius 2 is 1.86 bits per heavy atom. The maximum atomic E-state index is 12.9. The lowest BCUT2D eigenvalue weighted by molar-refractivity contribution is 0.315. The number of hydrogen-bond donors (Lipinski definition) is 2. The van der Waals surface area contributed by atoms with Gasteiger partial charge in [0.05, 0.1) is 11.4 Å². The van der Waals surface area contributed by atoms with Crippen molar-refractivity contribution >= 4 is 22.4 Å². The van der Waals surface area contributed by atoms with Crippen molar-refractivity contribution in [3.63, 3.8) is 0 Å². The van der Waals surface area contributed by atoms with Crippen LogP contribution < -0.4 is 11.1 Å². The number of nitrogen functional groups attached to an aromatic ring is 1. The first-order valence-electron chi connectivity index (χ1n) is 6.65. The van der Waals surface area contributed by atoms with Crippen LogP contribution in [0.5, 0.6) is 0 Å². The van der Waals surface area contributed by atoms with Crippen LogP contribution in [-0.2, 0) is 6.42 Å². The molecule has 0 aliphatic rings. The molecule has 0 spiro atoms. The number of hydrogen-bond acceptors (Lipinski definition) is 5. The summed E-state index contributed by atoms with van der Waals surface area (Å²) in [6.07, 6.45) is 0.761. The van der Waals surface area contributed by atoms with E-state index in [0.29, 0.717) is 16.7 Å². The molecular weight excluding hydrogens is 271 g/mol. The Kier molecular flexibility index (Phi) is 3.43. The van der Waals surface area contributed by atoms with Crippen molar-refractivity contribution in [3.05, 3.63) is 47.8 Å². The van der Waals surface area contributed by atoms with E-state index >= 15 is 0 Å². The maximum Gasteiger partial charge on any atom is 0.160 e. The molecule has 0 radical (unpaired) electrons. The van der Waals surface area contributed by atoms with Gasteiger partial charge in [-0.1, -0.05) is 12.1 Å². The average Bonchev–Trinajstić information content (AvgIpc) is 2.95. The van der Waals surface area contributed by atoms with Gasteiger partial charge in [0.15, 0.2) is 11.0 Å². The number of nitrogens with one attached hydrogen (secondary N) is 1. The monoisotopic (exact) mass is 286 g/mol. The molecule has 3 N–H and O–H groups in total. The predicted molar refractivity (Wildman–Crippen MR) is 79.4 cm³/mol. The summed E-state index contributed by atoms with van der Waals surface area (Å²) in [5, 5.41) is 11.0. The summed E-state index contributed by atoms with van der Waals surface area (Å²) >= 11 is 0. The normalized spacial score (nSPS) is 12.5. The van der Waals surface area contributed by atoms with Gasteiger partial charge in [-0.25, -0.2) is 9.02 Å². The minimum absolute atomic E-state index is 0.138. The zero-order valence-electron chi connectivity index (χ0n) is 11.5. The van der Waals surface area contributed by atoms with E-state index in [1.54, 1.807) is 18.2 Å². The molecule has 0 aliphatic heterocycles. The topological polar surface area (TPSA) is 77.0 Å². The van der Waals surface area contributed by atoms with E-state index in [0.717, 1.165) is 17.7 Å². The summed E-state index contributed by atoms with van der Waals surface area (Å²) in [5.41, 5.74) is 9.38. The number of rotatable bonds is 4. The Morgan fingerprint density at radius 1 is 1.14 bits per heavy atom. The highest BCUT2D eigenvalue weighted by atomic mass is 19.1. The van der Waals surface area contributed by atoms with Gasteiger partial charge in [-0.15, -0.1) is 0 Å². The smallest absolute Gasteiger partial charge is 0.160 e. The minimum atomic E-state index is -0.228. The highest BCUT2D eigenvalue weighted by molar-refractivity contribution is 5.95. The van der Waals surface area contributed by atoms with E-state index in [9.17, 15) is 4.39 Å². The quantitative estimate of drug-likeness (QED) is 0.721. The third-order valence-electron chi connectivity index (χ3n) is 3.30. The van der Waals surface area contributed by atoms with Crippen LogP contribution in [0.15, 0.2) is 41.0 Å². The molecule has 21 heavy (non-hydrogen) atoms. The standard InChI is InChI=1S/C15H15FN4O/c1-9(8-10-2-4-11(16)5-3-10)18-13-7-6-12(17)14-15(13)20-21-19-14/h2-7,9,18H,8,17H2,1H3. The fourth-order valence-electron chi connectivity index (χ4n) is 2.29. The molecule has 0 fully saturated rings. The largest absolute Gasteiger partial charge is 0.397 e. The summed E-state index contributed by atoms with van der Waals surface area (Å²) < 4.78 is 17.6. The average molecular weight is 286 g/mol. The second-order valence-electron chi connectivity index (χ2n) is 5.04. The summed E-state index contributed by atoms with van der Waals surface area (Å²) in [7, 11) is 0. The lowest BCUT2D eigenvalue weighted by Gasteiger charge is -2.15. The SMILES string of the molecule is CC(Cc1ccc(F)cc1)Nc1ccc(N)c2nonc12. The number of fused-ring (bicyclic) bond motifs is 1. The zero-order chi connectivity index (χ0) is 14.8. The molecular formula is C15H15FN4O. The lowest BCUT2D eigenvalue weighted by Crippen LogP contribution is -2.18. The van der Waals surface area contributed by atoms with Crippen molar-refractivity contribution in [2.75, 3.05) is 11.1 Å². The molecule has 3 aromatic rings. The number of benzene rings is 2. The van der Waals surface area contributed by atoms with Crippen LogP contribution in [0.3, 0.4) is 0 Å².